The average Bonchev–Trinajstić information content (AvgIpc) is 3.34. The molecule has 0 aromatic heterocycles. The Morgan fingerprint density at radius 1 is 0.840 bits per heavy atom. The van der Waals surface area contributed by atoms with Crippen molar-refractivity contribution in [2.75, 3.05) is 40.6 Å². The molecule has 0 aromatic carbocycles. The van der Waals surface area contributed by atoms with E-state index in [1.54, 1.807) is 40.7 Å². The summed E-state index contributed by atoms with van der Waals surface area (Å²) in [6, 6.07) is 2.86. The molecule has 2 saturated heterocycles. The third kappa shape index (κ3) is 13.9. The Kier molecular flexibility index (Phi) is 23.7. The first-order valence-electron chi connectivity index (χ1n) is 29.1. The SMILES string of the molecule is CCOC(=O)C1(C#N)C2C=CC(C(C)CC(C)C(=O)C(CO)C(O)/C(C)=C/C(C)C(=O)CC(C(C)CC3CCC(O)C(OC)C3)OC(=O)C3CCCCN3C(=O)C(=O)C3(O)OC(CCC3C)CC(OC)/C(C)=C/2)C1(C#N)C(=O)OCC. The van der Waals surface area contributed by atoms with Gasteiger partial charge >= 0.3 is 17.9 Å². The lowest BCUT2D eigenvalue weighted by Crippen LogP contribution is -2.61. The Labute approximate surface area is 477 Å². The van der Waals surface area contributed by atoms with Gasteiger partial charge < -0.3 is 53.7 Å². The first kappa shape index (κ1) is 66.6. The van der Waals surface area contributed by atoms with Crippen molar-refractivity contribution in [2.45, 2.75) is 188 Å². The number of carbonyl (C=O) groups is 7. The van der Waals surface area contributed by atoms with Crippen molar-refractivity contribution in [1.82, 2.24) is 4.90 Å². The van der Waals surface area contributed by atoms with Gasteiger partial charge in [0.05, 0.1) is 68.4 Å². The van der Waals surface area contributed by atoms with Gasteiger partial charge in [-0.3, -0.25) is 28.8 Å². The number of ketones is 3. The molecule has 20 nitrogen and oxygen atoms in total. The first-order valence-corrected chi connectivity index (χ1v) is 29.1. The van der Waals surface area contributed by atoms with Gasteiger partial charge in [-0.1, -0.05) is 58.9 Å². The zero-order chi connectivity index (χ0) is 60.3. The van der Waals surface area contributed by atoms with Crippen LogP contribution in [0.2, 0.25) is 0 Å². The largest absolute Gasteiger partial charge is 0.465 e. The van der Waals surface area contributed by atoms with E-state index in [2.05, 4.69) is 12.1 Å². The fourth-order valence-electron chi connectivity index (χ4n) is 13.4. The number of piperidine rings is 1. The van der Waals surface area contributed by atoms with E-state index in [9.17, 15) is 64.5 Å². The number of nitriles is 2. The molecule has 1 amide bonds. The summed E-state index contributed by atoms with van der Waals surface area (Å²) in [7, 11) is 2.92. The molecule has 20 heteroatoms. The molecule has 4 heterocycles. The number of nitrogens with zero attached hydrogens (tertiary/aromatic N) is 3. The van der Waals surface area contributed by atoms with Crippen LogP contribution in [-0.2, 0) is 62.0 Å². The number of aliphatic hydroxyl groups is 4. The summed E-state index contributed by atoms with van der Waals surface area (Å²) in [4.78, 5) is 103. The number of ether oxygens (including phenoxy) is 6. The summed E-state index contributed by atoms with van der Waals surface area (Å²) < 4.78 is 35.2. The Morgan fingerprint density at radius 3 is 2.10 bits per heavy atom. The predicted octanol–water partition coefficient (Wildman–Crippen LogP) is 5.61. The van der Waals surface area contributed by atoms with Gasteiger partial charge in [0.2, 0.25) is 5.79 Å². The van der Waals surface area contributed by atoms with Crippen LogP contribution >= 0.6 is 0 Å². The fourth-order valence-corrected chi connectivity index (χ4v) is 13.4. The maximum absolute atomic E-state index is 14.7. The van der Waals surface area contributed by atoms with Crippen LogP contribution in [0.3, 0.4) is 0 Å². The maximum atomic E-state index is 14.7. The molecule has 81 heavy (non-hydrogen) atoms. The minimum absolute atomic E-state index is 0.0238. The van der Waals surface area contributed by atoms with Gasteiger partial charge in [0.15, 0.2) is 10.8 Å². The summed E-state index contributed by atoms with van der Waals surface area (Å²) in [5, 5.41) is 68.2. The van der Waals surface area contributed by atoms with Crippen LogP contribution in [0.15, 0.2) is 35.5 Å². The molecule has 1 saturated carbocycles. The number of aliphatic hydroxyl groups excluding tert-OH is 3. The van der Waals surface area contributed by atoms with Gasteiger partial charge in [-0.25, -0.2) is 4.79 Å². The third-order valence-corrected chi connectivity index (χ3v) is 18.3. The number of hydrogen-bond acceptors (Lipinski definition) is 19. The van der Waals surface area contributed by atoms with Crippen LogP contribution in [0.25, 0.3) is 0 Å². The topological polar surface area (TPSA) is 307 Å². The van der Waals surface area contributed by atoms with E-state index < -0.39 is 154 Å². The summed E-state index contributed by atoms with van der Waals surface area (Å²) >= 11 is 0. The number of carbonyl (C=O) groups excluding carboxylic acids is 7. The monoisotopic (exact) mass is 1140 g/mol. The second-order valence-electron chi connectivity index (χ2n) is 23.7. The Morgan fingerprint density at radius 2 is 1.49 bits per heavy atom. The molecule has 6 rings (SSSR count). The summed E-state index contributed by atoms with van der Waals surface area (Å²) in [5.41, 5.74) is -4.63. The normalized spacial score (nSPS) is 39.8. The second kappa shape index (κ2) is 28.9. The van der Waals surface area contributed by atoms with Gasteiger partial charge in [-0.05, 0) is 121 Å². The number of fused-ring (bicyclic) bond motifs is 16. The van der Waals surface area contributed by atoms with Crippen LogP contribution in [-0.4, -0.2) is 156 Å². The zero-order valence-electron chi connectivity index (χ0n) is 49.3. The Balaban J connectivity index is 1.65. The minimum atomic E-state index is -2.65. The third-order valence-electron chi connectivity index (χ3n) is 18.3. The van der Waals surface area contributed by atoms with Crippen molar-refractivity contribution in [1.29, 1.82) is 10.5 Å². The molecule has 2 aliphatic carbocycles. The molecule has 0 aromatic rings. The number of Topliss-reactive ketones (excluding diaryl/α,β-unsaturated/α-hetero) is 3. The van der Waals surface area contributed by atoms with Gasteiger partial charge in [0.25, 0.3) is 11.7 Å². The van der Waals surface area contributed by atoms with Crippen LogP contribution in [0.1, 0.15) is 139 Å². The van der Waals surface area contributed by atoms with E-state index in [1.807, 2.05) is 6.92 Å². The molecular weight excluding hydrogens is 1050 g/mol. The van der Waals surface area contributed by atoms with Gasteiger partial charge in [-0.2, -0.15) is 10.5 Å². The first-order chi connectivity index (χ1) is 38.3. The fraction of sp³-hybridized carbons (Fsp3) is 0.754. The van der Waals surface area contributed by atoms with Crippen LogP contribution < -0.4 is 0 Å². The molecule has 19 unspecified atom stereocenters. The highest BCUT2D eigenvalue weighted by molar-refractivity contribution is 6.39. The molecule has 450 valence electrons. The molecule has 0 spiro atoms. The summed E-state index contributed by atoms with van der Waals surface area (Å²) in [6.45, 7) is 13.1. The van der Waals surface area contributed by atoms with E-state index in [0.29, 0.717) is 50.5 Å². The molecule has 0 radical (unpaired) electrons. The smallest absolute Gasteiger partial charge is 0.329 e. The van der Waals surface area contributed by atoms with E-state index in [1.165, 1.54) is 53.2 Å². The highest BCUT2D eigenvalue weighted by Gasteiger charge is 2.72. The number of esters is 3. The van der Waals surface area contributed by atoms with E-state index in [0.717, 1.165) is 4.90 Å². The van der Waals surface area contributed by atoms with Crippen molar-refractivity contribution in [2.24, 2.45) is 64.1 Å². The molecule has 6 aliphatic rings. The maximum Gasteiger partial charge on any atom is 0.329 e. The van der Waals surface area contributed by atoms with Crippen molar-refractivity contribution in [3.63, 3.8) is 0 Å². The standard InChI is InChI=1S/C61H89N3O17/c1-12-78-57(73)59(32-62)42-19-21-45(60(59,33-63)58(74)79-13-2)34(3)24-38(7)52(68)44(31-65)53(69)39(8)25-35(4)48(67)30-50(36(5)26-41-18-22-47(66)51(28-41)77-11)80-56(72)46-16-14-15-23-64(46)55(71)54(70)61(75)40(9)17-20-43(81-61)29-49(76-10)37(6)27-42/h19,21,25,27,34-36,38,40-47,49-51,53,65-66,69,75H,12-18,20,22-24,26,28-31H2,1-11H3/b37-27+,39-25+. The average molecular weight is 1140 g/mol. The summed E-state index contributed by atoms with van der Waals surface area (Å²) in [5.74, 6) is -17.3. The number of methoxy groups -OCH3 is 2. The molecule has 3 fully saturated rings. The van der Waals surface area contributed by atoms with Crippen LogP contribution in [0, 0.1) is 86.8 Å². The van der Waals surface area contributed by atoms with E-state index in [4.69, 9.17) is 28.4 Å². The number of hydrogen-bond donors (Lipinski definition) is 4. The minimum Gasteiger partial charge on any atom is -0.465 e. The van der Waals surface area contributed by atoms with Crippen molar-refractivity contribution >= 4 is 41.2 Å². The Hall–Kier alpha value is -5.19. The van der Waals surface area contributed by atoms with Crippen molar-refractivity contribution in [3.8, 4) is 12.1 Å². The highest BCUT2D eigenvalue weighted by atomic mass is 16.6. The van der Waals surface area contributed by atoms with E-state index >= 15 is 0 Å². The number of amides is 1. The van der Waals surface area contributed by atoms with Gasteiger partial charge in [-0.15, -0.1) is 0 Å². The predicted molar refractivity (Wildman–Crippen MR) is 292 cm³/mol. The Bertz CT molecular complexity index is 2460. The quantitative estimate of drug-likeness (QED) is 0.0894. The zero-order valence-corrected chi connectivity index (χ0v) is 49.3. The second-order valence-corrected chi connectivity index (χ2v) is 23.7. The lowest BCUT2D eigenvalue weighted by Gasteiger charge is -2.49. The highest BCUT2D eigenvalue weighted by Crippen LogP contribution is 2.58. The van der Waals surface area contributed by atoms with Crippen LogP contribution in [0.4, 0.5) is 0 Å². The van der Waals surface area contributed by atoms with Crippen LogP contribution in [0.5, 0.6) is 0 Å². The lowest BCUT2D eigenvalue weighted by atomic mass is 9.48. The molecule has 4 N–H and O–H groups in total. The molecule has 4 aliphatic heterocycles. The number of rotatable bonds is 10. The lowest BCUT2D eigenvalue weighted by molar-refractivity contribution is -0.265. The van der Waals surface area contributed by atoms with Gasteiger partial charge in [0, 0.05) is 63.2 Å². The van der Waals surface area contributed by atoms with Crippen molar-refractivity contribution < 1.29 is 82.4 Å². The number of allylic oxidation sites excluding steroid dienone is 4. The van der Waals surface area contributed by atoms with Gasteiger partial charge in [0.1, 0.15) is 23.7 Å². The van der Waals surface area contributed by atoms with E-state index in [-0.39, 0.29) is 63.4 Å². The molecular formula is C61H89N3O17. The molecule has 19 atom stereocenters. The summed E-state index contributed by atoms with van der Waals surface area (Å²) in [6.07, 6.45) is 3.87. The molecule has 4 bridgehead atoms. The van der Waals surface area contributed by atoms with Crippen molar-refractivity contribution in [3.05, 3.63) is 35.5 Å².